The lowest BCUT2D eigenvalue weighted by Crippen LogP contribution is -2.56. The molecule has 1 aromatic heterocycles. The molecule has 2 aliphatic rings. The van der Waals surface area contributed by atoms with Crippen LogP contribution in [0.1, 0.15) is 44.7 Å². The molecule has 1 aliphatic heterocycles. The summed E-state index contributed by atoms with van der Waals surface area (Å²) < 4.78 is 13.4. The maximum absolute atomic E-state index is 13.4. The van der Waals surface area contributed by atoms with Crippen LogP contribution in [0.3, 0.4) is 0 Å². The third-order valence-electron chi connectivity index (χ3n) is 6.59. The number of hydrogen-bond acceptors (Lipinski definition) is 5. The number of carboxylic acid groups (broad SMARTS) is 1. The molecule has 35 heavy (non-hydrogen) atoms. The highest BCUT2D eigenvalue weighted by Gasteiger charge is 2.46. The van der Waals surface area contributed by atoms with Crippen molar-refractivity contribution in [1.82, 2.24) is 10.3 Å². The highest BCUT2D eigenvalue weighted by molar-refractivity contribution is 6.31. The number of carbonyl (C=O) groups excluding carboxylic acids is 1. The molecule has 0 atom stereocenters. The van der Waals surface area contributed by atoms with E-state index in [1.54, 1.807) is 36.4 Å². The normalized spacial score (nSPS) is 16.4. The van der Waals surface area contributed by atoms with Crippen molar-refractivity contribution in [2.45, 2.75) is 31.3 Å². The fraction of sp³-hybridized carbons (Fsp3) is 0.269. The van der Waals surface area contributed by atoms with Gasteiger partial charge in [0.1, 0.15) is 11.6 Å². The zero-order valence-corrected chi connectivity index (χ0v) is 19.8. The number of benzene rings is 2. The summed E-state index contributed by atoms with van der Waals surface area (Å²) in [6.07, 6.45) is 3.05. The number of carbonyl (C=O) groups is 2. The molecule has 7 nitrogen and oxygen atoms in total. The number of aryl methyl sites for hydroxylation is 1. The lowest BCUT2D eigenvalue weighted by atomic mass is 10.0. The molecule has 1 saturated heterocycles. The fourth-order valence-corrected chi connectivity index (χ4v) is 4.59. The maximum Gasteiger partial charge on any atom is 0.335 e. The van der Waals surface area contributed by atoms with Gasteiger partial charge in [-0.25, -0.2) is 14.2 Å². The van der Waals surface area contributed by atoms with Gasteiger partial charge in [0, 0.05) is 25.0 Å². The van der Waals surface area contributed by atoms with Gasteiger partial charge in [-0.05, 0) is 67.3 Å². The summed E-state index contributed by atoms with van der Waals surface area (Å²) in [6, 6.07) is 13.0. The molecule has 0 spiro atoms. The van der Waals surface area contributed by atoms with Crippen molar-refractivity contribution in [1.29, 1.82) is 0 Å². The zero-order valence-electron chi connectivity index (χ0n) is 19.0. The number of rotatable bonds is 7. The van der Waals surface area contributed by atoms with Crippen LogP contribution in [0.4, 0.5) is 15.9 Å². The first-order valence-electron chi connectivity index (χ1n) is 11.3. The Kier molecular flexibility index (Phi) is 5.84. The number of hydrogen-bond donors (Lipinski definition) is 3. The van der Waals surface area contributed by atoms with Crippen LogP contribution in [0, 0.1) is 12.7 Å². The fourth-order valence-electron chi connectivity index (χ4n) is 4.43. The number of amides is 1. The summed E-state index contributed by atoms with van der Waals surface area (Å²) in [4.78, 5) is 30.9. The van der Waals surface area contributed by atoms with Gasteiger partial charge in [0.2, 0.25) is 0 Å². The molecule has 5 rings (SSSR count). The van der Waals surface area contributed by atoms with Crippen LogP contribution in [0.5, 0.6) is 0 Å². The Morgan fingerprint density at radius 1 is 1.14 bits per heavy atom. The Labute approximate surface area is 206 Å². The van der Waals surface area contributed by atoms with Gasteiger partial charge in [-0.1, -0.05) is 23.7 Å². The van der Waals surface area contributed by atoms with E-state index in [1.165, 1.54) is 18.3 Å². The SMILES string of the molecule is Cc1cc(F)ccc1NC1CN(c2ncc(Cl)cc2C(=O)NC2(c3ccc(C(=O)O)cc3)CC2)C1. The average molecular weight is 495 g/mol. The standard InChI is InChI=1S/C26H24ClFN4O3/c1-15-10-19(28)6-7-22(15)30-20-13-32(14-20)23-21(11-18(27)12-29-23)24(33)31-26(8-9-26)17-4-2-16(3-5-17)25(34)35/h2-7,10-12,20,30H,8-9,13-14H2,1H3,(H,31,33)(H,34,35). The van der Waals surface area contributed by atoms with E-state index < -0.39 is 11.5 Å². The first kappa shape index (κ1) is 23.1. The maximum atomic E-state index is 13.4. The van der Waals surface area contributed by atoms with Gasteiger partial charge in [0.15, 0.2) is 0 Å². The summed E-state index contributed by atoms with van der Waals surface area (Å²) in [5, 5.41) is 16.0. The Balaban J connectivity index is 1.29. The molecule has 1 saturated carbocycles. The zero-order chi connectivity index (χ0) is 24.7. The van der Waals surface area contributed by atoms with Crippen LogP contribution in [0.25, 0.3) is 0 Å². The van der Waals surface area contributed by atoms with Gasteiger partial charge in [-0.15, -0.1) is 0 Å². The predicted octanol–water partition coefficient (Wildman–Crippen LogP) is 4.60. The van der Waals surface area contributed by atoms with Crippen LogP contribution in [-0.2, 0) is 5.54 Å². The minimum Gasteiger partial charge on any atom is -0.478 e. The first-order valence-corrected chi connectivity index (χ1v) is 11.7. The second kappa shape index (κ2) is 8.85. The monoisotopic (exact) mass is 494 g/mol. The molecular formula is C26H24ClFN4O3. The number of aromatic carboxylic acids is 1. The summed E-state index contributed by atoms with van der Waals surface area (Å²) in [5.41, 5.74) is 2.65. The smallest absolute Gasteiger partial charge is 0.335 e. The Morgan fingerprint density at radius 3 is 2.49 bits per heavy atom. The molecule has 2 aromatic carbocycles. The van der Waals surface area contributed by atoms with Crippen molar-refractivity contribution >= 4 is 35.0 Å². The lowest BCUT2D eigenvalue weighted by Gasteiger charge is -2.41. The number of halogens is 2. The van der Waals surface area contributed by atoms with E-state index in [0.717, 1.165) is 29.7 Å². The van der Waals surface area contributed by atoms with Crippen molar-refractivity contribution < 1.29 is 19.1 Å². The minimum absolute atomic E-state index is 0.134. The van der Waals surface area contributed by atoms with Gasteiger partial charge in [-0.3, -0.25) is 4.79 Å². The van der Waals surface area contributed by atoms with Gasteiger partial charge in [-0.2, -0.15) is 0 Å². The van der Waals surface area contributed by atoms with Crippen LogP contribution in [0.15, 0.2) is 54.7 Å². The van der Waals surface area contributed by atoms with Crippen molar-refractivity contribution in [3.8, 4) is 0 Å². The highest BCUT2D eigenvalue weighted by atomic mass is 35.5. The number of aromatic nitrogens is 1. The van der Waals surface area contributed by atoms with Crippen molar-refractivity contribution in [3.63, 3.8) is 0 Å². The van der Waals surface area contributed by atoms with Crippen molar-refractivity contribution in [2.75, 3.05) is 23.3 Å². The molecule has 0 bridgehead atoms. The minimum atomic E-state index is -0.989. The van der Waals surface area contributed by atoms with Gasteiger partial charge in [0.25, 0.3) is 5.91 Å². The summed E-state index contributed by atoms with van der Waals surface area (Å²) in [5.74, 6) is -0.981. The highest BCUT2D eigenvalue weighted by Crippen LogP contribution is 2.46. The molecule has 180 valence electrons. The number of pyridine rings is 1. The van der Waals surface area contributed by atoms with E-state index in [1.807, 2.05) is 11.8 Å². The van der Waals surface area contributed by atoms with Crippen LogP contribution in [-0.4, -0.2) is 41.1 Å². The van der Waals surface area contributed by atoms with E-state index in [9.17, 15) is 14.0 Å². The third kappa shape index (κ3) is 4.66. The molecule has 1 aliphatic carbocycles. The molecule has 1 amide bonds. The van der Waals surface area contributed by atoms with E-state index >= 15 is 0 Å². The van der Waals surface area contributed by atoms with E-state index in [0.29, 0.717) is 29.5 Å². The van der Waals surface area contributed by atoms with Crippen LogP contribution in [0.2, 0.25) is 5.02 Å². The van der Waals surface area contributed by atoms with E-state index in [4.69, 9.17) is 16.7 Å². The van der Waals surface area contributed by atoms with Gasteiger partial charge in [0.05, 0.1) is 27.7 Å². The van der Waals surface area contributed by atoms with Gasteiger partial charge < -0.3 is 20.6 Å². The second-order valence-corrected chi connectivity index (χ2v) is 9.59. The van der Waals surface area contributed by atoms with E-state index in [-0.39, 0.29) is 23.3 Å². The second-order valence-electron chi connectivity index (χ2n) is 9.15. The van der Waals surface area contributed by atoms with Crippen molar-refractivity contribution in [2.24, 2.45) is 0 Å². The molecule has 0 radical (unpaired) electrons. The Hall–Kier alpha value is -3.65. The van der Waals surface area contributed by atoms with Crippen LogP contribution < -0.4 is 15.5 Å². The van der Waals surface area contributed by atoms with Crippen LogP contribution >= 0.6 is 11.6 Å². The lowest BCUT2D eigenvalue weighted by molar-refractivity contribution is 0.0696. The molecule has 3 aromatic rings. The average Bonchev–Trinajstić information content (AvgIpc) is 3.58. The quantitative estimate of drug-likeness (QED) is 0.444. The molecule has 3 N–H and O–H groups in total. The third-order valence-corrected chi connectivity index (χ3v) is 6.80. The summed E-state index contributed by atoms with van der Waals surface area (Å²) in [6.45, 7) is 3.12. The molecule has 2 fully saturated rings. The number of anilines is 2. The predicted molar refractivity (Wildman–Crippen MR) is 132 cm³/mol. The number of carboxylic acids is 1. The Bertz CT molecular complexity index is 1300. The largest absolute Gasteiger partial charge is 0.478 e. The Morgan fingerprint density at radius 2 is 1.86 bits per heavy atom. The van der Waals surface area contributed by atoms with Gasteiger partial charge >= 0.3 is 5.97 Å². The molecule has 0 unspecified atom stereocenters. The molecule has 2 heterocycles. The number of nitrogens with zero attached hydrogens (tertiary/aromatic N) is 2. The number of nitrogens with one attached hydrogen (secondary N) is 2. The summed E-state index contributed by atoms with van der Waals surface area (Å²) >= 11 is 6.18. The van der Waals surface area contributed by atoms with E-state index in [2.05, 4.69) is 15.6 Å². The topological polar surface area (TPSA) is 94.6 Å². The van der Waals surface area contributed by atoms with Crippen molar-refractivity contribution in [3.05, 3.63) is 87.8 Å². The molecule has 9 heteroatoms. The first-order chi connectivity index (χ1) is 16.7. The molecular weight excluding hydrogens is 471 g/mol. The summed E-state index contributed by atoms with van der Waals surface area (Å²) in [7, 11) is 0.